The summed E-state index contributed by atoms with van der Waals surface area (Å²) in [4.78, 5) is 24.3. The molecule has 0 radical (unpaired) electrons. The van der Waals surface area contributed by atoms with Gasteiger partial charge in [0.25, 0.3) is 0 Å². The van der Waals surface area contributed by atoms with Crippen molar-refractivity contribution in [3.05, 3.63) is 23.3 Å². The molecule has 4 heteroatoms. The first-order valence-electron chi connectivity index (χ1n) is 11.1. The van der Waals surface area contributed by atoms with Crippen molar-refractivity contribution in [2.24, 2.45) is 34.5 Å². The molecule has 0 aromatic rings. The molecule has 0 unspecified atom stereocenters. The predicted octanol–water partition coefficient (Wildman–Crippen LogP) is 4.71. The molecule has 154 valence electrons. The quantitative estimate of drug-likeness (QED) is 0.739. The number of carbonyl (C=O) groups is 2. The normalized spacial score (nSPS) is 42.0. The van der Waals surface area contributed by atoms with E-state index in [1.54, 1.807) is 0 Å². The Morgan fingerprint density at radius 1 is 1.14 bits per heavy atom. The molecule has 4 aliphatic rings. The summed E-state index contributed by atoms with van der Waals surface area (Å²) >= 11 is 0. The summed E-state index contributed by atoms with van der Waals surface area (Å²) in [5.74, 6) is 1.50. The maximum Gasteiger partial charge on any atom is 0.335 e. The summed E-state index contributed by atoms with van der Waals surface area (Å²) in [7, 11) is 0. The Labute approximate surface area is 168 Å². The lowest BCUT2D eigenvalue weighted by Gasteiger charge is -2.57. The number of amides is 1. The summed E-state index contributed by atoms with van der Waals surface area (Å²) in [5.41, 5.74) is 2.04. The second-order valence-electron chi connectivity index (χ2n) is 10.5. The molecular formula is C24H35NO3. The van der Waals surface area contributed by atoms with Crippen LogP contribution in [0.5, 0.6) is 0 Å². The van der Waals surface area contributed by atoms with E-state index in [1.807, 2.05) is 26.0 Å². The van der Waals surface area contributed by atoms with Crippen molar-refractivity contribution in [3.8, 4) is 0 Å². The Morgan fingerprint density at radius 3 is 2.57 bits per heavy atom. The molecule has 0 saturated heterocycles. The van der Waals surface area contributed by atoms with Gasteiger partial charge in [0.1, 0.15) is 0 Å². The monoisotopic (exact) mass is 385 g/mol. The summed E-state index contributed by atoms with van der Waals surface area (Å²) in [6.45, 7) is 8.83. The molecule has 0 aliphatic heterocycles. The second-order valence-corrected chi connectivity index (χ2v) is 10.5. The van der Waals surface area contributed by atoms with Gasteiger partial charge in [-0.15, -0.1) is 0 Å². The number of carboxylic acid groups (broad SMARTS) is 1. The smallest absolute Gasteiger partial charge is 0.335 e. The lowest BCUT2D eigenvalue weighted by molar-refractivity contribution is -0.132. The van der Waals surface area contributed by atoms with Crippen molar-refractivity contribution in [3.63, 3.8) is 0 Å². The highest BCUT2D eigenvalue weighted by Crippen LogP contribution is 2.66. The largest absolute Gasteiger partial charge is 0.478 e. The van der Waals surface area contributed by atoms with Crippen molar-refractivity contribution < 1.29 is 14.7 Å². The number of hydrogen-bond donors (Lipinski definition) is 2. The van der Waals surface area contributed by atoms with Gasteiger partial charge in [-0.2, -0.15) is 0 Å². The molecule has 0 aromatic heterocycles. The van der Waals surface area contributed by atoms with E-state index in [0.717, 1.165) is 38.5 Å². The van der Waals surface area contributed by atoms with Crippen LogP contribution in [0.3, 0.4) is 0 Å². The Hall–Kier alpha value is -1.58. The zero-order chi connectivity index (χ0) is 20.3. The van der Waals surface area contributed by atoms with Gasteiger partial charge in [-0.3, -0.25) is 4.79 Å². The van der Waals surface area contributed by atoms with Crippen LogP contribution in [0.25, 0.3) is 0 Å². The van der Waals surface area contributed by atoms with Gasteiger partial charge in [0.15, 0.2) is 0 Å². The highest BCUT2D eigenvalue weighted by Gasteiger charge is 2.60. The van der Waals surface area contributed by atoms with Gasteiger partial charge < -0.3 is 10.4 Å². The van der Waals surface area contributed by atoms with Gasteiger partial charge >= 0.3 is 5.97 Å². The number of carbonyl (C=O) groups excluding carboxylic acids is 1. The second kappa shape index (κ2) is 6.74. The maximum absolute atomic E-state index is 12.9. The van der Waals surface area contributed by atoms with Gasteiger partial charge in [0.05, 0.1) is 5.57 Å². The Morgan fingerprint density at radius 2 is 1.89 bits per heavy atom. The van der Waals surface area contributed by atoms with E-state index < -0.39 is 5.97 Å². The van der Waals surface area contributed by atoms with Crippen LogP contribution in [-0.4, -0.2) is 23.0 Å². The summed E-state index contributed by atoms with van der Waals surface area (Å²) in [6.07, 6.45) is 11.4. The minimum atomic E-state index is -0.803. The van der Waals surface area contributed by atoms with E-state index in [1.165, 1.54) is 12.0 Å². The Bertz CT molecular complexity index is 751. The standard InChI is InChI=1S/C24H35NO3/c1-14(2)25-21(26)20-8-7-18-17-6-5-16-13-15(22(27)28)9-11-23(16,3)19(17)10-12-24(18,20)4/h9,13-14,17-20H,5-8,10-12H2,1-4H3,(H,25,26)(H,27,28)/t17-,18-,19-,20+,23-,24-/m0/s1. The summed E-state index contributed by atoms with van der Waals surface area (Å²) < 4.78 is 0. The number of aliphatic carboxylic acids is 1. The average Bonchev–Trinajstić information content (AvgIpc) is 2.97. The number of hydrogen-bond acceptors (Lipinski definition) is 2. The number of nitrogens with one attached hydrogen (secondary N) is 1. The molecule has 0 spiro atoms. The number of fused-ring (bicyclic) bond motifs is 5. The first-order chi connectivity index (χ1) is 13.2. The number of rotatable bonds is 3. The van der Waals surface area contributed by atoms with Crippen molar-refractivity contribution >= 4 is 11.9 Å². The van der Waals surface area contributed by atoms with Crippen LogP contribution < -0.4 is 5.32 Å². The third-order valence-electron chi connectivity index (χ3n) is 8.81. The molecule has 6 atom stereocenters. The molecule has 0 heterocycles. The first kappa shape index (κ1) is 19.7. The summed E-state index contributed by atoms with van der Waals surface area (Å²) in [6, 6.07) is 0.199. The van der Waals surface area contributed by atoms with Crippen molar-refractivity contribution in [2.75, 3.05) is 0 Å². The molecule has 4 aliphatic carbocycles. The van der Waals surface area contributed by atoms with Crippen LogP contribution in [0.4, 0.5) is 0 Å². The topological polar surface area (TPSA) is 66.4 Å². The molecule has 0 bridgehead atoms. The minimum absolute atomic E-state index is 0.0987. The third-order valence-corrected chi connectivity index (χ3v) is 8.81. The fourth-order valence-corrected chi connectivity index (χ4v) is 7.38. The molecule has 1 amide bonds. The molecule has 28 heavy (non-hydrogen) atoms. The van der Waals surface area contributed by atoms with E-state index in [4.69, 9.17) is 0 Å². The highest BCUT2D eigenvalue weighted by molar-refractivity contribution is 5.90. The molecule has 4 nitrogen and oxygen atoms in total. The molecule has 0 aromatic carbocycles. The Balaban J connectivity index is 1.58. The van der Waals surface area contributed by atoms with Crippen LogP contribution >= 0.6 is 0 Å². The minimum Gasteiger partial charge on any atom is -0.478 e. The van der Waals surface area contributed by atoms with Gasteiger partial charge in [-0.05, 0) is 93.5 Å². The number of carboxylic acids is 1. The fourth-order valence-electron chi connectivity index (χ4n) is 7.38. The predicted molar refractivity (Wildman–Crippen MR) is 110 cm³/mol. The van der Waals surface area contributed by atoms with Gasteiger partial charge in [-0.25, -0.2) is 4.79 Å². The molecule has 3 fully saturated rings. The zero-order valence-electron chi connectivity index (χ0n) is 17.8. The van der Waals surface area contributed by atoms with Crippen LogP contribution in [0.2, 0.25) is 0 Å². The van der Waals surface area contributed by atoms with Crippen LogP contribution in [-0.2, 0) is 9.59 Å². The van der Waals surface area contributed by atoms with E-state index in [-0.39, 0.29) is 28.7 Å². The van der Waals surface area contributed by atoms with Gasteiger partial charge in [-0.1, -0.05) is 25.5 Å². The van der Waals surface area contributed by atoms with Crippen LogP contribution in [0.1, 0.15) is 72.6 Å². The zero-order valence-corrected chi connectivity index (χ0v) is 17.8. The van der Waals surface area contributed by atoms with Gasteiger partial charge in [0.2, 0.25) is 5.91 Å². The highest BCUT2D eigenvalue weighted by atomic mass is 16.4. The van der Waals surface area contributed by atoms with E-state index in [0.29, 0.717) is 23.3 Å². The Kier molecular flexibility index (Phi) is 4.75. The molecule has 2 N–H and O–H groups in total. The molecule has 3 saturated carbocycles. The van der Waals surface area contributed by atoms with E-state index in [2.05, 4.69) is 19.2 Å². The fraction of sp³-hybridized carbons (Fsp3) is 0.750. The lowest BCUT2D eigenvalue weighted by atomic mass is 9.47. The van der Waals surface area contributed by atoms with E-state index >= 15 is 0 Å². The maximum atomic E-state index is 12.9. The van der Waals surface area contributed by atoms with Crippen LogP contribution in [0.15, 0.2) is 23.3 Å². The molecule has 4 rings (SSSR count). The van der Waals surface area contributed by atoms with Crippen LogP contribution in [0, 0.1) is 34.5 Å². The van der Waals surface area contributed by atoms with E-state index in [9.17, 15) is 14.7 Å². The van der Waals surface area contributed by atoms with Crippen molar-refractivity contribution in [1.29, 1.82) is 0 Å². The third kappa shape index (κ3) is 2.86. The van der Waals surface area contributed by atoms with Crippen molar-refractivity contribution in [2.45, 2.75) is 78.7 Å². The lowest BCUT2D eigenvalue weighted by Crippen LogP contribution is -2.52. The van der Waals surface area contributed by atoms with Crippen molar-refractivity contribution in [1.82, 2.24) is 5.32 Å². The number of allylic oxidation sites excluding steroid dienone is 2. The summed E-state index contributed by atoms with van der Waals surface area (Å²) in [5, 5.41) is 12.6. The average molecular weight is 386 g/mol. The van der Waals surface area contributed by atoms with Gasteiger partial charge in [0, 0.05) is 12.0 Å². The SMILES string of the molecule is CC(C)NC(=O)[C@H]1CC[C@H]2[C@@H]3CCC4=CC(C(=O)O)=CC[C@]4(C)[C@H]3CC[C@]12C. The molecular weight excluding hydrogens is 350 g/mol. The first-order valence-corrected chi connectivity index (χ1v) is 11.1.